The zero-order valence-electron chi connectivity index (χ0n) is 26.9. The molecule has 0 saturated heterocycles. The summed E-state index contributed by atoms with van der Waals surface area (Å²) < 4.78 is 33.4. The van der Waals surface area contributed by atoms with Crippen LogP contribution >= 0.6 is 63.1 Å². The topological polar surface area (TPSA) is 161 Å². The van der Waals surface area contributed by atoms with Crippen molar-refractivity contribution in [1.29, 1.82) is 0 Å². The Morgan fingerprint density at radius 3 is 0.872 bits per heavy atom. The van der Waals surface area contributed by atoms with Gasteiger partial charge in [-0.1, -0.05) is 0 Å². The average Bonchev–Trinajstić information content (AvgIpc) is 3.08. The van der Waals surface area contributed by atoms with Crippen molar-refractivity contribution in [3.63, 3.8) is 0 Å². The Labute approximate surface area is 305 Å². The Bertz CT molecular complexity index is 825. The van der Waals surface area contributed by atoms with Gasteiger partial charge in [0.15, 0.2) is 0 Å². The van der Waals surface area contributed by atoms with Crippen molar-refractivity contribution in [2.24, 2.45) is 10.8 Å². The molecular formula is C30H52O12S5. The number of carbonyl (C=O) groups excluding carboxylic acids is 5. The van der Waals surface area contributed by atoms with Crippen LogP contribution in [0.4, 0.5) is 0 Å². The first-order chi connectivity index (χ1) is 22.5. The number of carbonyl (C=O) groups is 5. The van der Waals surface area contributed by atoms with Crippen LogP contribution in [0.2, 0.25) is 0 Å². The standard InChI is InChI=1S/C30H52O12S5/c31-16-29(19-38-24(32)6-1-11-43,20-39-25(33)7-2-12-44)17-37-18-30(21-40-26(34)8-3-13-45,22-41-27(35)9-4-14-46)23-42-28(36)10-5-15-47/h31,43-47H,1-23H2. The van der Waals surface area contributed by atoms with Crippen LogP contribution in [0.1, 0.15) is 64.2 Å². The molecule has 1 N–H and O–H groups in total. The summed E-state index contributed by atoms with van der Waals surface area (Å²) >= 11 is 20.6. The molecule has 0 aromatic rings. The summed E-state index contributed by atoms with van der Waals surface area (Å²) in [5.74, 6) is -0.281. The van der Waals surface area contributed by atoms with Crippen LogP contribution in [0.5, 0.6) is 0 Å². The molecule has 0 aliphatic rings. The lowest BCUT2D eigenvalue weighted by atomic mass is 9.90. The van der Waals surface area contributed by atoms with E-state index < -0.39 is 47.3 Å². The molecule has 0 fully saturated rings. The Morgan fingerprint density at radius 1 is 0.404 bits per heavy atom. The molecule has 17 heteroatoms. The van der Waals surface area contributed by atoms with Gasteiger partial charge in [-0.15, -0.1) is 0 Å². The smallest absolute Gasteiger partial charge is 0.305 e. The van der Waals surface area contributed by atoms with E-state index in [4.69, 9.17) is 28.4 Å². The number of rotatable bonds is 30. The number of esters is 5. The molecule has 274 valence electrons. The maximum absolute atomic E-state index is 12.5. The molecule has 0 aromatic heterocycles. The Kier molecular flexibility index (Phi) is 28.2. The fourth-order valence-corrected chi connectivity index (χ4v) is 4.43. The predicted octanol–water partition coefficient (Wildman–Crippen LogP) is 3.23. The lowest BCUT2D eigenvalue weighted by Crippen LogP contribution is -2.46. The third-order valence-electron chi connectivity index (χ3n) is 6.54. The SMILES string of the molecule is O=C(CCCS)OCC(CO)(COCC(COC(=O)CCCS)(COC(=O)CCCS)COC(=O)CCCS)COC(=O)CCCS. The van der Waals surface area contributed by atoms with Gasteiger partial charge in [-0.3, -0.25) is 24.0 Å². The molecule has 0 radical (unpaired) electrons. The van der Waals surface area contributed by atoms with E-state index in [2.05, 4.69) is 63.1 Å². The van der Waals surface area contributed by atoms with Crippen molar-refractivity contribution in [2.75, 3.05) is 81.6 Å². The molecule has 0 rings (SSSR count). The first kappa shape index (κ1) is 46.0. The van der Waals surface area contributed by atoms with Gasteiger partial charge in [0.25, 0.3) is 0 Å². The zero-order chi connectivity index (χ0) is 35.4. The Balaban J connectivity index is 6.15. The minimum absolute atomic E-state index is 0.0920. The van der Waals surface area contributed by atoms with Crippen molar-refractivity contribution in [1.82, 2.24) is 0 Å². The van der Waals surface area contributed by atoms with Crippen LogP contribution in [0, 0.1) is 10.8 Å². The Morgan fingerprint density at radius 2 is 0.638 bits per heavy atom. The molecular weight excluding hydrogens is 713 g/mol. The fraction of sp³-hybridized carbons (Fsp3) is 0.833. The first-order valence-corrected chi connectivity index (χ1v) is 18.7. The predicted molar refractivity (Wildman–Crippen MR) is 193 cm³/mol. The Hall–Kier alpha value is -0.980. The fourth-order valence-electron chi connectivity index (χ4n) is 3.64. The van der Waals surface area contributed by atoms with Gasteiger partial charge < -0.3 is 33.5 Å². The number of hydrogen-bond acceptors (Lipinski definition) is 17. The van der Waals surface area contributed by atoms with Crippen molar-refractivity contribution < 1.29 is 57.5 Å². The minimum atomic E-state index is -1.37. The second-order valence-electron chi connectivity index (χ2n) is 11.1. The highest BCUT2D eigenvalue weighted by Gasteiger charge is 2.39. The van der Waals surface area contributed by atoms with E-state index in [0.717, 1.165) is 0 Å². The highest BCUT2D eigenvalue weighted by atomic mass is 32.1. The summed E-state index contributed by atoms with van der Waals surface area (Å²) in [5.41, 5.74) is -2.72. The van der Waals surface area contributed by atoms with Crippen molar-refractivity contribution in [3.05, 3.63) is 0 Å². The van der Waals surface area contributed by atoms with Gasteiger partial charge in [0, 0.05) is 32.1 Å². The monoisotopic (exact) mass is 764 g/mol. The van der Waals surface area contributed by atoms with Gasteiger partial charge in [-0.2, -0.15) is 63.1 Å². The summed E-state index contributed by atoms with van der Waals surface area (Å²) in [5, 5.41) is 10.4. The molecule has 0 atom stereocenters. The van der Waals surface area contributed by atoms with E-state index in [-0.39, 0.29) is 78.4 Å². The molecule has 0 aromatic carbocycles. The van der Waals surface area contributed by atoms with Gasteiger partial charge in [0.05, 0.1) is 30.7 Å². The van der Waals surface area contributed by atoms with E-state index in [1.807, 2.05) is 0 Å². The van der Waals surface area contributed by atoms with Crippen LogP contribution in [-0.4, -0.2) is 117 Å². The molecule has 12 nitrogen and oxygen atoms in total. The molecule has 0 aliphatic carbocycles. The van der Waals surface area contributed by atoms with Crippen LogP contribution in [0.15, 0.2) is 0 Å². The minimum Gasteiger partial charge on any atom is -0.465 e. The quantitative estimate of drug-likeness (QED) is 0.0361. The van der Waals surface area contributed by atoms with E-state index in [1.165, 1.54) is 0 Å². The first-order valence-electron chi connectivity index (χ1n) is 15.6. The molecule has 0 amide bonds. The summed E-state index contributed by atoms with van der Waals surface area (Å²) in [4.78, 5) is 62.0. The van der Waals surface area contributed by atoms with Gasteiger partial charge in [-0.25, -0.2) is 0 Å². The zero-order valence-corrected chi connectivity index (χ0v) is 31.4. The molecule has 0 heterocycles. The largest absolute Gasteiger partial charge is 0.465 e. The summed E-state index contributed by atoms with van der Waals surface area (Å²) in [6.07, 6.45) is 2.87. The van der Waals surface area contributed by atoms with E-state index in [0.29, 0.717) is 60.9 Å². The van der Waals surface area contributed by atoms with Crippen LogP contribution in [0.3, 0.4) is 0 Å². The molecule has 0 unspecified atom stereocenters. The summed E-state index contributed by atoms with van der Waals surface area (Å²) in [7, 11) is 0. The third-order valence-corrected chi connectivity index (χ3v) is 8.12. The van der Waals surface area contributed by atoms with Crippen molar-refractivity contribution in [2.45, 2.75) is 64.2 Å². The summed E-state index contributed by atoms with van der Waals surface area (Å²) in [6.45, 7) is -2.83. The van der Waals surface area contributed by atoms with Crippen LogP contribution in [0.25, 0.3) is 0 Å². The highest BCUT2D eigenvalue weighted by Crippen LogP contribution is 2.26. The normalized spacial score (nSPS) is 11.5. The van der Waals surface area contributed by atoms with Crippen LogP contribution < -0.4 is 0 Å². The van der Waals surface area contributed by atoms with Crippen molar-refractivity contribution in [3.8, 4) is 0 Å². The second-order valence-corrected chi connectivity index (χ2v) is 13.3. The number of aliphatic hydroxyl groups excluding tert-OH is 1. The van der Waals surface area contributed by atoms with Gasteiger partial charge in [-0.05, 0) is 60.9 Å². The van der Waals surface area contributed by atoms with Gasteiger partial charge in [0.1, 0.15) is 33.0 Å². The molecule has 0 aliphatic heterocycles. The van der Waals surface area contributed by atoms with Crippen LogP contribution in [-0.2, 0) is 52.4 Å². The molecule has 0 spiro atoms. The maximum Gasteiger partial charge on any atom is 0.305 e. The average molecular weight is 765 g/mol. The van der Waals surface area contributed by atoms with E-state index >= 15 is 0 Å². The number of hydrogen-bond donors (Lipinski definition) is 6. The third kappa shape index (κ3) is 23.1. The summed E-state index contributed by atoms with van der Waals surface area (Å²) in [6, 6.07) is 0. The number of thiol groups is 5. The molecule has 0 saturated carbocycles. The second kappa shape index (κ2) is 28.8. The number of ether oxygens (including phenoxy) is 6. The van der Waals surface area contributed by atoms with Gasteiger partial charge in [0.2, 0.25) is 0 Å². The molecule has 47 heavy (non-hydrogen) atoms. The lowest BCUT2D eigenvalue weighted by Gasteiger charge is -2.35. The maximum atomic E-state index is 12.5. The van der Waals surface area contributed by atoms with E-state index in [9.17, 15) is 29.1 Å². The molecule has 0 bridgehead atoms. The highest BCUT2D eigenvalue weighted by molar-refractivity contribution is 7.80. The van der Waals surface area contributed by atoms with Gasteiger partial charge >= 0.3 is 29.8 Å². The van der Waals surface area contributed by atoms with E-state index in [1.54, 1.807) is 0 Å². The number of aliphatic hydroxyl groups is 1. The lowest BCUT2D eigenvalue weighted by molar-refractivity contribution is -0.172. The van der Waals surface area contributed by atoms with Crippen molar-refractivity contribution >= 4 is 93.0 Å².